The van der Waals surface area contributed by atoms with Crippen molar-refractivity contribution >= 4 is 27.6 Å². The Morgan fingerprint density at radius 2 is 1.68 bits per heavy atom. The number of carbonyl (C=O) groups excluding carboxylic acids is 1. The van der Waals surface area contributed by atoms with Gasteiger partial charge in [-0.3, -0.25) is 4.79 Å². The van der Waals surface area contributed by atoms with Gasteiger partial charge >= 0.3 is 0 Å². The molecule has 0 N–H and O–H groups in total. The molecule has 1 saturated heterocycles. The summed E-state index contributed by atoms with van der Waals surface area (Å²) in [4.78, 5) is 15.5. The summed E-state index contributed by atoms with van der Waals surface area (Å²) in [7, 11) is 0.355. The van der Waals surface area contributed by atoms with Gasteiger partial charge in [-0.25, -0.2) is 0 Å². The molecule has 4 heteroatoms. The van der Waals surface area contributed by atoms with Crippen molar-refractivity contribution < 1.29 is 9.53 Å². The quantitative estimate of drug-likeness (QED) is 0.723. The Bertz CT molecular complexity index is 721. The number of nitrogens with zero attached hydrogens (tertiary/aromatic N) is 1. The highest BCUT2D eigenvalue weighted by atomic mass is 32.2. The van der Waals surface area contributed by atoms with E-state index in [1.165, 1.54) is 41.0 Å². The van der Waals surface area contributed by atoms with Crippen LogP contribution in [0.2, 0.25) is 0 Å². The number of rotatable bonds is 6. The van der Waals surface area contributed by atoms with Crippen LogP contribution in [0.15, 0.2) is 41.3 Å². The lowest BCUT2D eigenvalue weighted by Crippen LogP contribution is -2.34. The Morgan fingerprint density at radius 3 is 2.36 bits per heavy atom. The van der Waals surface area contributed by atoms with E-state index in [9.17, 15) is 4.79 Å². The molecule has 2 aromatic rings. The van der Waals surface area contributed by atoms with Crippen molar-refractivity contribution in [2.24, 2.45) is 0 Å². The molecular weight excluding hydrogens is 330 g/mol. The lowest BCUT2D eigenvalue weighted by molar-refractivity contribution is -0.132. The van der Waals surface area contributed by atoms with Crippen LogP contribution in [0.4, 0.5) is 0 Å². The maximum atomic E-state index is 12.2. The summed E-state index contributed by atoms with van der Waals surface area (Å²) in [5.74, 6) is 3.49. The first-order valence-electron chi connectivity index (χ1n) is 9.34. The number of amides is 1. The summed E-state index contributed by atoms with van der Waals surface area (Å²) in [6.07, 6.45) is 4.05. The van der Waals surface area contributed by atoms with Crippen molar-refractivity contribution in [3.8, 4) is 5.75 Å². The molecule has 0 radical (unpaired) electrons. The highest BCUT2D eigenvalue weighted by Crippen LogP contribution is 2.34. The fourth-order valence-corrected chi connectivity index (χ4v) is 5.98. The fourth-order valence-electron chi connectivity index (χ4n) is 3.48. The number of hydrogen-bond acceptors (Lipinski definition) is 2. The van der Waals surface area contributed by atoms with Gasteiger partial charge in [-0.05, 0) is 51.3 Å². The molecule has 0 unspecified atom stereocenters. The minimum Gasteiger partial charge on any atom is -0.483 e. The van der Waals surface area contributed by atoms with Crippen LogP contribution in [0.25, 0.3) is 10.8 Å². The highest BCUT2D eigenvalue weighted by Gasteiger charge is 2.27. The highest BCUT2D eigenvalue weighted by molar-refractivity contribution is 7.97. The minimum atomic E-state index is 0.0484. The predicted octanol–water partition coefficient (Wildman–Crippen LogP) is 4.25. The maximum Gasteiger partial charge on any atom is 0.260 e. The number of benzene rings is 2. The molecule has 1 aliphatic rings. The van der Waals surface area contributed by atoms with Gasteiger partial charge in [0.25, 0.3) is 5.91 Å². The molecule has 0 aliphatic carbocycles. The topological polar surface area (TPSA) is 29.5 Å². The third kappa shape index (κ3) is 4.12. The summed E-state index contributed by atoms with van der Waals surface area (Å²) in [6.45, 7) is 5.55. The zero-order valence-corrected chi connectivity index (χ0v) is 16.1. The van der Waals surface area contributed by atoms with Gasteiger partial charge in [0, 0.05) is 34.8 Å². The number of hydrogen-bond donors (Lipinski definition) is 0. The number of fused-ring (bicyclic) bond motifs is 1. The van der Waals surface area contributed by atoms with E-state index in [1.54, 1.807) is 4.90 Å². The van der Waals surface area contributed by atoms with E-state index >= 15 is 0 Å². The van der Waals surface area contributed by atoms with Crippen molar-refractivity contribution in [1.82, 2.24) is 4.90 Å². The van der Waals surface area contributed by atoms with Gasteiger partial charge < -0.3 is 9.64 Å². The third-order valence-electron chi connectivity index (χ3n) is 4.90. The lowest BCUT2D eigenvalue weighted by atomic mass is 10.1. The molecule has 1 aliphatic heterocycles. The summed E-state index contributed by atoms with van der Waals surface area (Å²) in [5, 5.41) is 2.42. The van der Waals surface area contributed by atoms with Crippen LogP contribution >= 0.6 is 0 Å². The average molecular weight is 359 g/mol. The van der Waals surface area contributed by atoms with E-state index in [0.29, 0.717) is 10.9 Å². The van der Waals surface area contributed by atoms with E-state index in [2.05, 4.69) is 36.4 Å². The number of ether oxygens (including phenoxy) is 1. The molecular formula is C21H28NO2S+. The molecule has 2 aromatic carbocycles. The Balaban J connectivity index is 1.84. The first-order chi connectivity index (χ1) is 12.2. The van der Waals surface area contributed by atoms with Gasteiger partial charge in [-0.15, -0.1) is 0 Å². The monoisotopic (exact) mass is 358 g/mol. The molecule has 1 amide bonds. The van der Waals surface area contributed by atoms with Gasteiger partial charge in [-0.1, -0.05) is 18.2 Å². The average Bonchev–Trinajstić information content (AvgIpc) is 2.67. The first-order valence-corrected chi connectivity index (χ1v) is 10.9. The molecule has 1 fully saturated rings. The second-order valence-corrected chi connectivity index (χ2v) is 8.67. The van der Waals surface area contributed by atoms with Crippen LogP contribution in [0.3, 0.4) is 0 Å². The molecule has 3 nitrogen and oxygen atoms in total. The van der Waals surface area contributed by atoms with Crippen molar-refractivity contribution in [3.05, 3.63) is 36.4 Å². The zero-order chi connectivity index (χ0) is 17.6. The van der Waals surface area contributed by atoms with Crippen LogP contribution < -0.4 is 4.74 Å². The van der Waals surface area contributed by atoms with Gasteiger partial charge in [0.15, 0.2) is 11.5 Å². The molecule has 3 rings (SSSR count). The standard InChI is InChI=1S/C21H28NO2S/c1-3-22(4-2)21(23)16-24-19-12-13-20(25-14-8-5-9-15-25)18-11-7-6-10-17(18)19/h6-7,10-13H,3-5,8-9,14-16H2,1-2H3/q+1. The molecule has 0 aromatic heterocycles. The maximum absolute atomic E-state index is 12.2. The summed E-state index contributed by atoms with van der Waals surface area (Å²) < 4.78 is 5.92. The van der Waals surface area contributed by atoms with Crippen LogP contribution in [0, 0.1) is 0 Å². The smallest absolute Gasteiger partial charge is 0.260 e. The molecule has 0 spiro atoms. The summed E-state index contributed by atoms with van der Waals surface area (Å²) >= 11 is 0. The van der Waals surface area contributed by atoms with E-state index in [-0.39, 0.29) is 12.5 Å². The fraction of sp³-hybridized carbons (Fsp3) is 0.476. The number of carbonyl (C=O) groups is 1. The lowest BCUT2D eigenvalue weighted by Gasteiger charge is -2.19. The van der Waals surface area contributed by atoms with Crippen molar-refractivity contribution in [3.63, 3.8) is 0 Å². The van der Waals surface area contributed by atoms with Gasteiger partial charge in [-0.2, -0.15) is 0 Å². The van der Waals surface area contributed by atoms with Crippen molar-refractivity contribution in [2.45, 2.75) is 38.0 Å². The molecule has 0 saturated carbocycles. The van der Waals surface area contributed by atoms with Crippen LogP contribution in [-0.4, -0.2) is 42.0 Å². The van der Waals surface area contributed by atoms with Crippen LogP contribution in [0.1, 0.15) is 33.1 Å². The largest absolute Gasteiger partial charge is 0.483 e. The molecule has 134 valence electrons. The molecule has 0 atom stereocenters. The molecule has 25 heavy (non-hydrogen) atoms. The van der Waals surface area contributed by atoms with E-state index in [4.69, 9.17) is 4.74 Å². The van der Waals surface area contributed by atoms with Gasteiger partial charge in [0.1, 0.15) is 17.3 Å². The number of likely N-dealkylation sites (N-methyl/N-ethyl adjacent to an activating group) is 1. The van der Waals surface area contributed by atoms with Crippen molar-refractivity contribution in [1.29, 1.82) is 0 Å². The first kappa shape index (κ1) is 18.1. The second kappa shape index (κ2) is 8.61. The van der Waals surface area contributed by atoms with E-state index < -0.39 is 0 Å². The van der Waals surface area contributed by atoms with Crippen LogP contribution in [-0.2, 0) is 15.7 Å². The van der Waals surface area contributed by atoms with Crippen LogP contribution in [0.5, 0.6) is 5.75 Å². The Kier molecular flexibility index (Phi) is 6.24. The SMILES string of the molecule is CCN(CC)C(=O)COc1ccc([S+]2CCCCC2)c2ccccc12. The molecule has 0 bridgehead atoms. The Labute approximate surface area is 153 Å². The normalized spacial score (nSPS) is 15.3. The minimum absolute atomic E-state index is 0.0484. The molecule has 1 heterocycles. The summed E-state index contributed by atoms with van der Waals surface area (Å²) in [6, 6.07) is 12.8. The zero-order valence-electron chi connectivity index (χ0n) is 15.3. The van der Waals surface area contributed by atoms with Gasteiger partial charge in [0.2, 0.25) is 0 Å². The van der Waals surface area contributed by atoms with E-state index in [0.717, 1.165) is 24.2 Å². The van der Waals surface area contributed by atoms with E-state index in [1.807, 2.05) is 13.8 Å². The Morgan fingerprint density at radius 1 is 1.00 bits per heavy atom. The second-order valence-electron chi connectivity index (χ2n) is 6.42. The van der Waals surface area contributed by atoms with Gasteiger partial charge in [0.05, 0.1) is 0 Å². The Hall–Kier alpha value is -1.68. The summed E-state index contributed by atoms with van der Waals surface area (Å²) in [5.41, 5.74) is 0. The predicted molar refractivity (Wildman–Crippen MR) is 107 cm³/mol. The van der Waals surface area contributed by atoms with Crippen molar-refractivity contribution in [2.75, 3.05) is 31.2 Å². The third-order valence-corrected chi connectivity index (χ3v) is 7.44.